The molecule has 1 aromatic rings. The van der Waals surface area contributed by atoms with Crippen molar-refractivity contribution in [3.8, 4) is 0 Å². The molecule has 1 fully saturated rings. The number of benzene rings is 1. The predicted molar refractivity (Wildman–Crippen MR) is 67.2 cm³/mol. The zero-order valence-corrected chi connectivity index (χ0v) is 10.2. The summed E-state index contributed by atoms with van der Waals surface area (Å²) in [6.45, 7) is 3.15. The van der Waals surface area contributed by atoms with Crippen LogP contribution in [0.1, 0.15) is 35.7 Å². The summed E-state index contributed by atoms with van der Waals surface area (Å²) in [7, 11) is 0. The highest BCUT2D eigenvalue weighted by Crippen LogP contribution is 2.23. The van der Waals surface area contributed by atoms with E-state index in [0.29, 0.717) is 13.0 Å². The summed E-state index contributed by atoms with van der Waals surface area (Å²) in [5.41, 5.74) is 0.974. The van der Waals surface area contributed by atoms with Gasteiger partial charge in [0.15, 0.2) is 5.78 Å². The lowest BCUT2D eigenvalue weighted by Gasteiger charge is -2.33. The van der Waals surface area contributed by atoms with Crippen LogP contribution in [0, 0.1) is 0 Å². The zero-order chi connectivity index (χ0) is 12.3. The lowest BCUT2D eigenvalue weighted by Crippen LogP contribution is -2.47. The maximum atomic E-state index is 11.5. The number of carbonyl (C=O) groups excluding carboxylic acids is 1. The van der Waals surface area contributed by atoms with Crippen molar-refractivity contribution in [1.29, 1.82) is 0 Å². The van der Waals surface area contributed by atoms with E-state index in [1.807, 2.05) is 24.3 Å². The number of rotatable bonds is 3. The molecular weight excluding hydrogens is 214 g/mol. The summed E-state index contributed by atoms with van der Waals surface area (Å²) in [4.78, 5) is 11.5. The van der Waals surface area contributed by atoms with Gasteiger partial charge in [0.05, 0.1) is 5.60 Å². The van der Waals surface area contributed by atoms with Gasteiger partial charge in [-0.15, -0.1) is 0 Å². The first-order valence-electron chi connectivity index (χ1n) is 6.13. The molecule has 0 bridgehead atoms. The molecule has 1 unspecified atom stereocenters. The normalized spacial score (nSPS) is 24.6. The summed E-state index contributed by atoms with van der Waals surface area (Å²) in [6.07, 6.45) is 2.33. The summed E-state index contributed by atoms with van der Waals surface area (Å²) in [6, 6.07) is 7.55. The van der Waals surface area contributed by atoms with Gasteiger partial charge >= 0.3 is 0 Å². The summed E-state index contributed by atoms with van der Waals surface area (Å²) in [5.74, 6) is 0.0629. The molecule has 0 amide bonds. The standard InChI is InChI=1S/C14H19NO2/c1-11(16)13-6-3-2-5-12(13)9-14(17)7-4-8-15-10-14/h2-3,5-6,15,17H,4,7-10H2,1H3. The Kier molecular flexibility index (Phi) is 3.60. The van der Waals surface area contributed by atoms with Gasteiger partial charge in [-0.05, 0) is 31.9 Å². The van der Waals surface area contributed by atoms with Gasteiger partial charge in [-0.3, -0.25) is 4.79 Å². The van der Waals surface area contributed by atoms with Crippen LogP contribution in [0.5, 0.6) is 0 Å². The number of nitrogens with one attached hydrogen (secondary N) is 1. The van der Waals surface area contributed by atoms with E-state index in [4.69, 9.17) is 0 Å². The maximum Gasteiger partial charge on any atom is 0.160 e. The van der Waals surface area contributed by atoms with Gasteiger partial charge in [-0.2, -0.15) is 0 Å². The third-order valence-corrected chi connectivity index (χ3v) is 3.37. The second-order valence-corrected chi connectivity index (χ2v) is 4.89. The van der Waals surface area contributed by atoms with Gasteiger partial charge in [0.25, 0.3) is 0 Å². The van der Waals surface area contributed by atoms with Crippen LogP contribution in [-0.2, 0) is 6.42 Å². The van der Waals surface area contributed by atoms with Crippen LogP contribution in [0.4, 0.5) is 0 Å². The van der Waals surface area contributed by atoms with Gasteiger partial charge in [-0.1, -0.05) is 24.3 Å². The molecule has 1 aromatic carbocycles. The van der Waals surface area contributed by atoms with Crippen LogP contribution >= 0.6 is 0 Å². The fourth-order valence-electron chi connectivity index (χ4n) is 2.48. The van der Waals surface area contributed by atoms with Crippen molar-refractivity contribution < 1.29 is 9.90 Å². The van der Waals surface area contributed by atoms with Crippen LogP contribution in [-0.4, -0.2) is 29.6 Å². The fourth-order valence-corrected chi connectivity index (χ4v) is 2.48. The van der Waals surface area contributed by atoms with Crippen LogP contribution < -0.4 is 5.32 Å². The predicted octanol–water partition coefficient (Wildman–Crippen LogP) is 1.55. The molecule has 2 rings (SSSR count). The van der Waals surface area contributed by atoms with E-state index in [-0.39, 0.29) is 5.78 Å². The molecular formula is C14H19NO2. The van der Waals surface area contributed by atoms with E-state index in [9.17, 15) is 9.90 Å². The first-order valence-corrected chi connectivity index (χ1v) is 6.13. The van der Waals surface area contributed by atoms with Gasteiger partial charge in [0.1, 0.15) is 0 Å². The van der Waals surface area contributed by atoms with Crippen LogP contribution in [0.25, 0.3) is 0 Å². The minimum Gasteiger partial charge on any atom is -0.388 e. The third kappa shape index (κ3) is 2.93. The molecule has 1 aliphatic heterocycles. The summed E-state index contributed by atoms with van der Waals surface area (Å²) < 4.78 is 0. The number of carbonyl (C=O) groups is 1. The van der Waals surface area contributed by atoms with E-state index in [1.165, 1.54) is 0 Å². The molecule has 1 heterocycles. The molecule has 0 aromatic heterocycles. The molecule has 1 atom stereocenters. The Bertz CT molecular complexity index is 408. The van der Waals surface area contributed by atoms with Gasteiger partial charge in [0.2, 0.25) is 0 Å². The molecule has 0 aliphatic carbocycles. The molecule has 17 heavy (non-hydrogen) atoms. The number of hydrogen-bond acceptors (Lipinski definition) is 3. The Morgan fingerprint density at radius 2 is 2.24 bits per heavy atom. The van der Waals surface area contributed by atoms with Crippen molar-refractivity contribution >= 4 is 5.78 Å². The Balaban J connectivity index is 2.20. The van der Waals surface area contributed by atoms with E-state index >= 15 is 0 Å². The molecule has 0 spiro atoms. The minimum atomic E-state index is -0.705. The van der Waals surface area contributed by atoms with Crippen LogP contribution in [0.15, 0.2) is 24.3 Å². The molecule has 92 valence electrons. The van der Waals surface area contributed by atoms with Gasteiger partial charge in [0, 0.05) is 18.5 Å². The second-order valence-electron chi connectivity index (χ2n) is 4.89. The number of piperidine rings is 1. The Morgan fingerprint density at radius 1 is 1.47 bits per heavy atom. The Morgan fingerprint density at radius 3 is 2.88 bits per heavy atom. The van der Waals surface area contributed by atoms with E-state index in [0.717, 1.165) is 30.5 Å². The van der Waals surface area contributed by atoms with Crippen molar-refractivity contribution in [2.75, 3.05) is 13.1 Å². The van der Waals surface area contributed by atoms with Crippen molar-refractivity contribution in [1.82, 2.24) is 5.32 Å². The van der Waals surface area contributed by atoms with E-state index < -0.39 is 5.60 Å². The monoisotopic (exact) mass is 233 g/mol. The first-order chi connectivity index (χ1) is 8.11. The Hall–Kier alpha value is -1.19. The number of β-amino-alcohol motifs (C(OH)–C–C–N with tert-alkyl or cyclic N) is 1. The average molecular weight is 233 g/mol. The molecule has 0 saturated carbocycles. The smallest absolute Gasteiger partial charge is 0.160 e. The van der Waals surface area contributed by atoms with Crippen molar-refractivity contribution in [3.05, 3.63) is 35.4 Å². The molecule has 1 saturated heterocycles. The van der Waals surface area contributed by atoms with Gasteiger partial charge in [-0.25, -0.2) is 0 Å². The molecule has 3 nitrogen and oxygen atoms in total. The average Bonchev–Trinajstić information content (AvgIpc) is 2.29. The zero-order valence-electron chi connectivity index (χ0n) is 10.2. The second kappa shape index (κ2) is 4.98. The highest BCUT2D eigenvalue weighted by atomic mass is 16.3. The molecule has 0 radical (unpaired) electrons. The van der Waals surface area contributed by atoms with E-state index in [1.54, 1.807) is 6.92 Å². The fraction of sp³-hybridized carbons (Fsp3) is 0.500. The van der Waals surface area contributed by atoms with Crippen molar-refractivity contribution in [3.63, 3.8) is 0 Å². The van der Waals surface area contributed by atoms with Crippen LogP contribution in [0.2, 0.25) is 0 Å². The van der Waals surface area contributed by atoms with E-state index in [2.05, 4.69) is 5.32 Å². The third-order valence-electron chi connectivity index (χ3n) is 3.37. The summed E-state index contributed by atoms with van der Waals surface area (Å²) >= 11 is 0. The highest BCUT2D eigenvalue weighted by molar-refractivity contribution is 5.95. The number of aliphatic hydroxyl groups is 1. The Labute approximate surface area is 102 Å². The number of Topliss-reactive ketones (excluding diaryl/α,β-unsaturated/α-hetero) is 1. The lowest BCUT2D eigenvalue weighted by atomic mass is 9.85. The minimum absolute atomic E-state index is 0.0629. The largest absolute Gasteiger partial charge is 0.388 e. The first kappa shape index (κ1) is 12.3. The molecule has 3 heteroatoms. The molecule has 1 aliphatic rings. The quantitative estimate of drug-likeness (QED) is 0.779. The van der Waals surface area contributed by atoms with Crippen LogP contribution in [0.3, 0.4) is 0 Å². The lowest BCUT2D eigenvalue weighted by molar-refractivity contribution is 0.0168. The highest BCUT2D eigenvalue weighted by Gasteiger charge is 2.30. The SMILES string of the molecule is CC(=O)c1ccccc1CC1(O)CCCNC1. The van der Waals surface area contributed by atoms with Crippen molar-refractivity contribution in [2.45, 2.75) is 31.8 Å². The topological polar surface area (TPSA) is 49.3 Å². The van der Waals surface area contributed by atoms with Gasteiger partial charge < -0.3 is 10.4 Å². The maximum absolute atomic E-state index is 11.5. The summed E-state index contributed by atoms with van der Waals surface area (Å²) in [5, 5.41) is 13.7. The number of hydrogen-bond donors (Lipinski definition) is 2. The molecule has 2 N–H and O–H groups in total. The van der Waals surface area contributed by atoms with Crippen molar-refractivity contribution in [2.24, 2.45) is 0 Å². The number of ketones is 1.